The Morgan fingerprint density at radius 1 is 1.24 bits per heavy atom. The fraction of sp³-hybridized carbons (Fsp3) is 0.158. The Labute approximate surface area is 177 Å². The Hall–Kier alpha value is -2.46. The molecule has 10 heteroatoms. The smallest absolute Gasteiger partial charge is 0.279 e. The number of aryl methyl sites for hydroxylation is 1. The molecule has 2 aromatic carbocycles. The van der Waals surface area contributed by atoms with E-state index in [0.717, 1.165) is 5.56 Å². The minimum atomic E-state index is -3.94. The van der Waals surface area contributed by atoms with Crippen LogP contribution in [0.25, 0.3) is 0 Å². The predicted octanol–water partition coefficient (Wildman–Crippen LogP) is 2.97. The molecule has 7 nitrogen and oxygen atoms in total. The normalized spacial score (nSPS) is 12.2. The zero-order valence-electron chi connectivity index (χ0n) is 15.6. The molecule has 0 radical (unpaired) electrons. The number of methoxy groups -OCH3 is 1. The standard InChI is InChI=1S/C19H18ClN3O4S2/c1-23-9-10-28-19(23)22-18(24)14-5-8-16(27-2)17(11-14)29(25,26)21-12-13-3-6-15(20)7-4-13/h3-11,21H,12H2,1-2H3. The second-order valence-corrected chi connectivity index (χ2v) is 9.07. The van der Waals surface area contributed by atoms with Gasteiger partial charge in [-0.1, -0.05) is 23.7 Å². The third kappa shape index (κ3) is 5.13. The SMILES string of the molecule is COc1ccc(C(=O)N=c2sccn2C)cc1S(=O)(=O)NCc1ccc(Cl)cc1. The number of nitrogens with one attached hydrogen (secondary N) is 1. The van der Waals surface area contributed by atoms with Crippen molar-refractivity contribution in [2.75, 3.05) is 7.11 Å². The van der Waals surface area contributed by atoms with Gasteiger partial charge in [-0.3, -0.25) is 4.79 Å². The Morgan fingerprint density at radius 2 is 1.97 bits per heavy atom. The molecular formula is C19H18ClN3O4S2. The van der Waals surface area contributed by atoms with E-state index in [1.807, 2.05) is 0 Å². The lowest BCUT2D eigenvalue weighted by molar-refractivity contribution is 0.0997. The molecule has 3 rings (SSSR count). The highest BCUT2D eigenvalue weighted by Gasteiger charge is 2.21. The molecule has 0 bridgehead atoms. The molecule has 1 heterocycles. The van der Waals surface area contributed by atoms with E-state index < -0.39 is 15.9 Å². The van der Waals surface area contributed by atoms with Crippen molar-refractivity contribution in [3.05, 3.63) is 75.0 Å². The summed E-state index contributed by atoms with van der Waals surface area (Å²) in [7, 11) is -0.805. The van der Waals surface area contributed by atoms with Crippen molar-refractivity contribution in [2.24, 2.45) is 12.0 Å². The number of aromatic nitrogens is 1. The van der Waals surface area contributed by atoms with Gasteiger partial charge >= 0.3 is 0 Å². The topological polar surface area (TPSA) is 89.8 Å². The molecule has 0 saturated heterocycles. The zero-order chi connectivity index (χ0) is 21.0. The summed E-state index contributed by atoms with van der Waals surface area (Å²) in [5, 5.41) is 2.36. The van der Waals surface area contributed by atoms with E-state index in [1.165, 1.54) is 36.6 Å². The van der Waals surface area contributed by atoms with E-state index in [1.54, 1.807) is 47.5 Å². The average molecular weight is 452 g/mol. The Balaban J connectivity index is 1.90. The molecule has 0 aliphatic heterocycles. The number of benzene rings is 2. The molecule has 152 valence electrons. The minimum Gasteiger partial charge on any atom is -0.495 e. The number of thiazole rings is 1. The van der Waals surface area contributed by atoms with Crippen LogP contribution in [0.15, 0.2) is 63.9 Å². The number of hydrogen-bond acceptors (Lipinski definition) is 5. The number of rotatable bonds is 6. The van der Waals surface area contributed by atoms with E-state index in [2.05, 4.69) is 9.71 Å². The molecule has 0 spiro atoms. The molecule has 0 aliphatic carbocycles. The summed E-state index contributed by atoms with van der Waals surface area (Å²) in [5.41, 5.74) is 0.885. The molecule has 0 saturated carbocycles. The van der Waals surface area contributed by atoms with Gasteiger partial charge < -0.3 is 9.30 Å². The van der Waals surface area contributed by atoms with Crippen LogP contribution in [0.5, 0.6) is 5.75 Å². The highest BCUT2D eigenvalue weighted by molar-refractivity contribution is 7.89. The van der Waals surface area contributed by atoms with Gasteiger partial charge in [-0.05, 0) is 35.9 Å². The molecule has 1 N–H and O–H groups in total. The van der Waals surface area contributed by atoms with Gasteiger partial charge in [-0.25, -0.2) is 13.1 Å². The van der Waals surface area contributed by atoms with E-state index in [9.17, 15) is 13.2 Å². The third-order valence-electron chi connectivity index (χ3n) is 4.04. The van der Waals surface area contributed by atoms with E-state index >= 15 is 0 Å². The molecule has 0 fully saturated rings. The predicted molar refractivity (Wildman–Crippen MR) is 112 cm³/mol. The van der Waals surface area contributed by atoms with E-state index in [0.29, 0.717) is 9.82 Å². The number of halogens is 1. The van der Waals surface area contributed by atoms with Crippen LogP contribution in [0, 0.1) is 0 Å². The van der Waals surface area contributed by atoms with Crippen molar-refractivity contribution in [1.29, 1.82) is 0 Å². The van der Waals surface area contributed by atoms with Crippen LogP contribution in [0.1, 0.15) is 15.9 Å². The summed E-state index contributed by atoms with van der Waals surface area (Å²) >= 11 is 7.16. The molecule has 0 atom stereocenters. The first kappa shape index (κ1) is 21.3. The number of carbonyl (C=O) groups excluding carboxylic acids is 1. The molecule has 3 aromatic rings. The van der Waals surface area contributed by atoms with Crippen molar-refractivity contribution < 1.29 is 17.9 Å². The van der Waals surface area contributed by atoms with Gasteiger partial charge in [0.25, 0.3) is 5.91 Å². The van der Waals surface area contributed by atoms with Crippen LogP contribution < -0.4 is 14.3 Å². The first-order chi connectivity index (χ1) is 13.8. The number of hydrogen-bond donors (Lipinski definition) is 1. The number of sulfonamides is 1. The van der Waals surface area contributed by atoms with Crippen LogP contribution in [0.2, 0.25) is 5.02 Å². The Kier molecular flexibility index (Phi) is 6.53. The number of carbonyl (C=O) groups is 1. The van der Waals surface area contributed by atoms with Gasteiger partial charge in [0, 0.05) is 35.8 Å². The molecule has 0 unspecified atom stereocenters. The van der Waals surface area contributed by atoms with Crippen molar-refractivity contribution >= 4 is 38.9 Å². The molecule has 1 amide bonds. The maximum atomic E-state index is 12.8. The van der Waals surface area contributed by atoms with Gasteiger partial charge in [0.05, 0.1) is 7.11 Å². The summed E-state index contributed by atoms with van der Waals surface area (Å²) < 4.78 is 35.1. The molecule has 0 aliphatic rings. The van der Waals surface area contributed by atoms with Gasteiger partial charge in [-0.15, -0.1) is 11.3 Å². The van der Waals surface area contributed by atoms with Gasteiger partial charge in [-0.2, -0.15) is 4.99 Å². The molecule has 29 heavy (non-hydrogen) atoms. The quantitative estimate of drug-likeness (QED) is 0.623. The second-order valence-electron chi connectivity index (χ2n) is 6.03. The van der Waals surface area contributed by atoms with Crippen LogP contribution in [-0.4, -0.2) is 26.0 Å². The van der Waals surface area contributed by atoms with Crippen LogP contribution in [0.4, 0.5) is 0 Å². The fourth-order valence-electron chi connectivity index (χ4n) is 2.46. The fourth-order valence-corrected chi connectivity index (χ4v) is 4.53. The van der Waals surface area contributed by atoms with Crippen LogP contribution in [0.3, 0.4) is 0 Å². The number of amides is 1. The summed E-state index contributed by atoms with van der Waals surface area (Å²) in [5.74, 6) is -0.410. The Morgan fingerprint density at radius 3 is 2.59 bits per heavy atom. The van der Waals surface area contributed by atoms with Crippen LogP contribution >= 0.6 is 22.9 Å². The summed E-state index contributed by atoms with van der Waals surface area (Å²) in [6, 6.07) is 11.0. The van der Waals surface area contributed by atoms with E-state index in [-0.39, 0.29) is 22.8 Å². The minimum absolute atomic E-state index is 0.0657. The summed E-state index contributed by atoms with van der Waals surface area (Å²) in [6.07, 6.45) is 1.78. The molecular weight excluding hydrogens is 434 g/mol. The maximum Gasteiger partial charge on any atom is 0.279 e. The van der Waals surface area contributed by atoms with Gasteiger partial charge in [0.1, 0.15) is 10.6 Å². The van der Waals surface area contributed by atoms with Crippen molar-refractivity contribution in [1.82, 2.24) is 9.29 Å². The van der Waals surface area contributed by atoms with Crippen molar-refractivity contribution in [2.45, 2.75) is 11.4 Å². The lowest BCUT2D eigenvalue weighted by atomic mass is 10.2. The summed E-state index contributed by atoms with van der Waals surface area (Å²) in [4.78, 5) is 16.9. The number of ether oxygens (including phenoxy) is 1. The third-order valence-corrected chi connectivity index (χ3v) is 6.56. The van der Waals surface area contributed by atoms with Crippen molar-refractivity contribution in [3.63, 3.8) is 0 Å². The average Bonchev–Trinajstić information content (AvgIpc) is 3.11. The van der Waals surface area contributed by atoms with Gasteiger partial charge in [0.2, 0.25) is 10.0 Å². The molecule has 1 aromatic heterocycles. The van der Waals surface area contributed by atoms with Crippen LogP contribution in [-0.2, 0) is 23.6 Å². The Bertz CT molecular complexity index is 1200. The summed E-state index contributed by atoms with van der Waals surface area (Å²) in [6.45, 7) is 0.0657. The van der Waals surface area contributed by atoms with Gasteiger partial charge in [0.15, 0.2) is 4.80 Å². The maximum absolute atomic E-state index is 12.8. The first-order valence-corrected chi connectivity index (χ1v) is 11.2. The van der Waals surface area contributed by atoms with Crippen molar-refractivity contribution in [3.8, 4) is 5.75 Å². The highest BCUT2D eigenvalue weighted by atomic mass is 35.5. The first-order valence-electron chi connectivity index (χ1n) is 8.41. The monoisotopic (exact) mass is 451 g/mol. The lowest BCUT2D eigenvalue weighted by Gasteiger charge is -2.12. The second kappa shape index (κ2) is 8.91. The number of nitrogens with zero attached hydrogens (tertiary/aromatic N) is 2. The lowest BCUT2D eigenvalue weighted by Crippen LogP contribution is -2.24. The zero-order valence-corrected chi connectivity index (χ0v) is 18.0. The largest absolute Gasteiger partial charge is 0.495 e. The van der Waals surface area contributed by atoms with E-state index in [4.69, 9.17) is 16.3 Å². The highest BCUT2D eigenvalue weighted by Crippen LogP contribution is 2.25.